The van der Waals surface area contributed by atoms with Crippen LogP contribution in [0.3, 0.4) is 0 Å². The molecule has 3 nitrogen and oxygen atoms in total. The van der Waals surface area contributed by atoms with Crippen molar-refractivity contribution in [2.75, 3.05) is 0 Å². The second-order valence-electron chi connectivity index (χ2n) is 4.43. The standard InChI is InChI=1S/C14H15NO2/c1-9-6-11-7-10(2-4-14(11)16-9)13-5-3-12(8-15)17-13/h2-5,7,9H,6,8,15H2,1H3. The summed E-state index contributed by atoms with van der Waals surface area (Å²) in [6.45, 7) is 2.52. The number of benzene rings is 1. The van der Waals surface area contributed by atoms with Crippen LogP contribution in [-0.4, -0.2) is 6.10 Å². The predicted octanol–water partition coefficient (Wildman–Crippen LogP) is 2.73. The van der Waals surface area contributed by atoms with E-state index in [1.807, 2.05) is 24.3 Å². The van der Waals surface area contributed by atoms with E-state index in [0.29, 0.717) is 6.54 Å². The Morgan fingerprint density at radius 1 is 1.29 bits per heavy atom. The molecule has 1 aliphatic heterocycles. The van der Waals surface area contributed by atoms with Crippen molar-refractivity contribution in [1.82, 2.24) is 0 Å². The normalized spacial score (nSPS) is 17.9. The zero-order valence-corrected chi connectivity index (χ0v) is 9.77. The molecular formula is C14H15NO2. The quantitative estimate of drug-likeness (QED) is 0.861. The molecule has 1 aromatic carbocycles. The number of rotatable bonds is 2. The number of ether oxygens (including phenoxy) is 1. The van der Waals surface area contributed by atoms with Gasteiger partial charge in [0, 0.05) is 12.0 Å². The highest BCUT2D eigenvalue weighted by atomic mass is 16.5. The van der Waals surface area contributed by atoms with Gasteiger partial charge in [-0.05, 0) is 42.8 Å². The molecule has 0 saturated heterocycles. The zero-order chi connectivity index (χ0) is 11.8. The van der Waals surface area contributed by atoms with Crippen molar-refractivity contribution in [3.05, 3.63) is 41.7 Å². The van der Waals surface area contributed by atoms with Crippen molar-refractivity contribution in [3.63, 3.8) is 0 Å². The van der Waals surface area contributed by atoms with E-state index in [1.54, 1.807) is 0 Å². The lowest BCUT2D eigenvalue weighted by atomic mass is 10.1. The van der Waals surface area contributed by atoms with Crippen LogP contribution in [0.25, 0.3) is 11.3 Å². The Balaban J connectivity index is 1.97. The summed E-state index contributed by atoms with van der Waals surface area (Å²) >= 11 is 0. The summed E-state index contributed by atoms with van der Waals surface area (Å²) in [7, 11) is 0. The summed E-state index contributed by atoms with van der Waals surface area (Å²) in [5.74, 6) is 2.67. The molecule has 3 heteroatoms. The summed E-state index contributed by atoms with van der Waals surface area (Å²) in [6, 6.07) is 10.1. The first kappa shape index (κ1) is 10.4. The largest absolute Gasteiger partial charge is 0.490 e. The molecule has 0 spiro atoms. The van der Waals surface area contributed by atoms with E-state index in [9.17, 15) is 0 Å². The van der Waals surface area contributed by atoms with Crippen LogP contribution in [0, 0.1) is 0 Å². The van der Waals surface area contributed by atoms with Crippen LogP contribution in [0.5, 0.6) is 5.75 Å². The van der Waals surface area contributed by atoms with Crippen molar-refractivity contribution in [1.29, 1.82) is 0 Å². The number of fused-ring (bicyclic) bond motifs is 1. The molecule has 1 aliphatic rings. The maximum atomic E-state index is 5.67. The highest BCUT2D eigenvalue weighted by Gasteiger charge is 2.19. The van der Waals surface area contributed by atoms with Crippen LogP contribution >= 0.6 is 0 Å². The molecule has 2 N–H and O–H groups in total. The SMILES string of the molecule is CC1Cc2cc(-c3ccc(CN)o3)ccc2O1. The third-order valence-electron chi connectivity index (χ3n) is 3.04. The Morgan fingerprint density at radius 2 is 2.18 bits per heavy atom. The van der Waals surface area contributed by atoms with Crippen molar-refractivity contribution in [2.24, 2.45) is 5.73 Å². The van der Waals surface area contributed by atoms with Gasteiger partial charge in [0.25, 0.3) is 0 Å². The van der Waals surface area contributed by atoms with Gasteiger partial charge in [-0.15, -0.1) is 0 Å². The molecule has 0 radical (unpaired) electrons. The van der Waals surface area contributed by atoms with Crippen LogP contribution in [0.2, 0.25) is 0 Å². The Hall–Kier alpha value is -1.74. The zero-order valence-electron chi connectivity index (χ0n) is 9.77. The third-order valence-corrected chi connectivity index (χ3v) is 3.04. The van der Waals surface area contributed by atoms with Gasteiger partial charge in [0.15, 0.2) is 0 Å². The summed E-state index contributed by atoms with van der Waals surface area (Å²) in [6.07, 6.45) is 1.24. The molecule has 3 rings (SSSR count). The lowest BCUT2D eigenvalue weighted by Gasteiger charge is -2.02. The van der Waals surface area contributed by atoms with E-state index < -0.39 is 0 Å². The first-order valence-electron chi connectivity index (χ1n) is 5.85. The van der Waals surface area contributed by atoms with Gasteiger partial charge in [-0.3, -0.25) is 0 Å². The molecule has 0 bridgehead atoms. The molecule has 0 aliphatic carbocycles. The highest BCUT2D eigenvalue weighted by molar-refractivity contribution is 5.61. The minimum absolute atomic E-state index is 0.274. The maximum Gasteiger partial charge on any atom is 0.134 e. The van der Waals surface area contributed by atoms with Crippen LogP contribution in [0.4, 0.5) is 0 Å². The van der Waals surface area contributed by atoms with Gasteiger partial charge < -0.3 is 14.9 Å². The first-order chi connectivity index (χ1) is 8.26. The van der Waals surface area contributed by atoms with Gasteiger partial charge in [0.2, 0.25) is 0 Å². The van der Waals surface area contributed by atoms with Crippen molar-refractivity contribution in [3.8, 4) is 17.1 Å². The monoisotopic (exact) mass is 229 g/mol. The van der Waals surface area contributed by atoms with Crippen LogP contribution in [0.1, 0.15) is 18.2 Å². The van der Waals surface area contributed by atoms with E-state index in [1.165, 1.54) is 5.56 Å². The smallest absolute Gasteiger partial charge is 0.134 e. The van der Waals surface area contributed by atoms with Gasteiger partial charge in [-0.25, -0.2) is 0 Å². The predicted molar refractivity (Wildman–Crippen MR) is 65.8 cm³/mol. The van der Waals surface area contributed by atoms with Crippen molar-refractivity contribution >= 4 is 0 Å². The molecule has 1 aromatic heterocycles. The summed E-state index contributed by atoms with van der Waals surface area (Å²) in [4.78, 5) is 0. The average molecular weight is 229 g/mol. The van der Waals surface area contributed by atoms with Crippen LogP contribution in [0.15, 0.2) is 34.7 Å². The molecule has 0 amide bonds. The first-order valence-corrected chi connectivity index (χ1v) is 5.85. The minimum atomic E-state index is 0.274. The lowest BCUT2D eigenvalue weighted by molar-refractivity contribution is 0.254. The fourth-order valence-corrected chi connectivity index (χ4v) is 2.22. The van der Waals surface area contributed by atoms with Crippen LogP contribution < -0.4 is 10.5 Å². The number of nitrogens with two attached hydrogens (primary N) is 1. The fourth-order valence-electron chi connectivity index (χ4n) is 2.22. The molecule has 17 heavy (non-hydrogen) atoms. The second-order valence-corrected chi connectivity index (χ2v) is 4.43. The number of furan rings is 1. The number of hydrogen-bond donors (Lipinski definition) is 1. The maximum absolute atomic E-state index is 5.67. The molecule has 88 valence electrons. The van der Waals surface area contributed by atoms with Crippen molar-refractivity contribution < 1.29 is 9.15 Å². The van der Waals surface area contributed by atoms with Gasteiger partial charge in [0.1, 0.15) is 23.4 Å². The minimum Gasteiger partial charge on any atom is -0.490 e. The Bertz CT molecular complexity index is 545. The Kier molecular flexibility index (Phi) is 2.41. The molecule has 0 fully saturated rings. The van der Waals surface area contributed by atoms with Gasteiger partial charge >= 0.3 is 0 Å². The third kappa shape index (κ3) is 1.83. The van der Waals surface area contributed by atoms with Crippen molar-refractivity contribution in [2.45, 2.75) is 26.0 Å². The van der Waals surface area contributed by atoms with Gasteiger partial charge in [-0.1, -0.05) is 0 Å². The molecule has 1 unspecified atom stereocenters. The molecule has 1 atom stereocenters. The Labute approximate surface area is 100 Å². The van der Waals surface area contributed by atoms with E-state index in [-0.39, 0.29) is 6.10 Å². The second kappa shape index (κ2) is 3.93. The van der Waals surface area contributed by atoms with Gasteiger partial charge in [0.05, 0.1) is 6.54 Å². The fraction of sp³-hybridized carbons (Fsp3) is 0.286. The summed E-state index contributed by atoms with van der Waals surface area (Å²) in [5, 5.41) is 0. The van der Waals surface area contributed by atoms with E-state index in [0.717, 1.165) is 29.3 Å². The molecule has 2 heterocycles. The average Bonchev–Trinajstić information content (AvgIpc) is 2.92. The lowest BCUT2D eigenvalue weighted by Crippen LogP contribution is -2.05. The Morgan fingerprint density at radius 3 is 2.94 bits per heavy atom. The molecule has 0 saturated carbocycles. The number of hydrogen-bond acceptors (Lipinski definition) is 3. The van der Waals surface area contributed by atoms with E-state index in [2.05, 4.69) is 13.0 Å². The topological polar surface area (TPSA) is 48.4 Å². The summed E-state index contributed by atoms with van der Waals surface area (Å²) < 4.78 is 11.3. The van der Waals surface area contributed by atoms with Gasteiger partial charge in [-0.2, -0.15) is 0 Å². The van der Waals surface area contributed by atoms with E-state index in [4.69, 9.17) is 14.9 Å². The molecular weight excluding hydrogens is 214 g/mol. The van der Waals surface area contributed by atoms with E-state index >= 15 is 0 Å². The highest BCUT2D eigenvalue weighted by Crippen LogP contribution is 2.33. The van der Waals surface area contributed by atoms with Crippen LogP contribution in [-0.2, 0) is 13.0 Å². The molecule has 2 aromatic rings. The summed E-state index contributed by atoms with van der Waals surface area (Å²) in [5.41, 5.74) is 7.87.